The molecule has 0 aliphatic rings. The van der Waals surface area contributed by atoms with Gasteiger partial charge in [0.05, 0.1) is 0 Å². The minimum absolute atomic E-state index is 0.896. The van der Waals surface area contributed by atoms with E-state index in [-0.39, 0.29) is 0 Å². The van der Waals surface area contributed by atoms with Crippen molar-refractivity contribution in [2.45, 2.75) is 0 Å². The van der Waals surface area contributed by atoms with Crippen molar-refractivity contribution in [2.24, 2.45) is 0 Å². The molecule has 0 atom stereocenters. The standard InChI is InChI=1S/C58H39NO/c1-3-11-40(12-4-1)42-21-29-50(30-22-42)59(52-33-25-45(26-34-52)54-20-10-16-44-15-7-8-19-53(44)54)51-31-23-43(24-32-51)46-17-9-18-47(37-46)49-28-36-58-56(39-49)55-38-48(27-35-57(55)60-58)41-13-5-2-6-14-41/h1-39H. The molecular formula is C58H39NO. The van der Waals surface area contributed by atoms with E-state index in [2.05, 4.69) is 241 Å². The second kappa shape index (κ2) is 15.1. The van der Waals surface area contributed by atoms with Crippen LogP contribution in [0.5, 0.6) is 0 Å². The topological polar surface area (TPSA) is 16.4 Å². The lowest BCUT2D eigenvalue weighted by molar-refractivity contribution is 0.669. The van der Waals surface area contributed by atoms with E-state index in [1.165, 1.54) is 55.3 Å². The van der Waals surface area contributed by atoms with Crippen molar-refractivity contribution < 1.29 is 4.42 Å². The summed E-state index contributed by atoms with van der Waals surface area (Å²) in [5, 5.41) is 4.75. The van der Waals surface area contributed by atoms with Crippen molar-refractivity contribution in [1.82, 2.24) is 0 Å². The van der Waals surface area contributed by atoms with Crippen LogP contribution < -0.4 is 4.90 Å². The zero-order valence-electron chi connectivity index (χ0n) is 32.9. The number of anilines is 3. The number of fused-ring (bicyclic) bond motifs is 4. The quantitative estimate of drug-likeness (QED) is 0.153. The van der Waals surface area contributed by atoms with Crippen LogP contribution in [-0.4, -0.2) is 0 Å². The fraction of sp³-hybridized carbons (Fsp3) is 0. The Balaban J connectivity index is 0.931. The highest BCUT2D eigenvalue weighted by molar-refractivity contribution is 6.07. The Morgan fingerprint density at radius 3 is 1.23 bits per heavy atom. The monoisotopic (exact) mass is 765 g/mol. The Bertz CT molecular complexity index is 3270. The maximum Gasteiger partial charge on any atom is 0.135 e. The highest BCUT2D eigenvalue weighted by Crippen LogP contribution is 2.40. The number of hydrogen-bond donors (Lipinski definition) is 0. The van der Waals surface area contributed by atoms with Gasteiger partial charge in [-0.1, -0.05) is 170 Å². The average molecular weight is 766 g/mol. The molecule has 60 heavy (non-hydrogen) atoms. The van der Waals surface area contributed by atoms with Crippen LogP contribution in [-0.2, 0) is 0 Å². The van der Waals surface area contributed by atoms with Crippen LogP contribution >= 0.6 is 0 Å². The van der Waals surface area contributed by atoms with E-state index in [0.717, 1.165) is 50.1 Å². The van der Waals surface area contributed by atoms with Crippen LogP contribution in [0, 0.1) is 0 Å². The summed E-state index contributed by atoms with van der Waals surface area (Å²) in [4.78, 5) is 2.34. The number of rotatable bonds is 8. The van der Waals surface area contributed by atoms with Gasteiger partial charge in [0, 0.05) is 27.8 Å². The summed E-state index contributed by atoms with van der Waals surface area (Å²) in [5.41, 5.74) is 16.9. The lowest BCUT2D eigenvalue weighted by Crippen LogP contribution is -2.09. The van der Waals surface area contributed by atoms with E-state index < -0.39 is 0 Å². The first kappa shape index (κ1) is 35.2. The molecule has 10 aromatic carbocycles. The van der Waals surface area contributed by atoms with Gasteiger partial charge in [0.25, 0.3) is 0 Å². The lowest BCUT2D eigenvalue weighted by atomic mass is 9.97. The zero-order chi connectivity index (χ0) is 39.8. The van der Waals surface area contributed by atoms with Gasteiger partial charge in [0.15, 0.2) is 0 Å². The first-order valence-electron chi connectivity index (χ1n) is 20.5. The third-order valence-electron chi connectivity index (χ3n) is 11.7. The third kappa shape index (κ3) is 6.61. The number of furan rings is 1. The maximum absolute atomic E-state index is 6.29. The van der Waals surface area contributed by atoms with Crippen molar-refractivity contribution in [3.05, 3.63) is 237 Å². The summed E-state index contributed by atoms with van der Waals surface area (Å²) >= 11 is 0. The van der Waals surface area contributed by atoms with Gasteiger partial charge in [-0.2, -0.15) is 0 Å². The molecule has 0 N–H and O–H groups in total. The van der Waals surface area contributed by atoms with Crippen LogP contribution in [0.3, 0.4) is 0 Å². The van der Waals surface area contributed by atoms with Crippen LogP contribution in [0.2, 0.25) is 0 Å². The highest BCUT2D eigenvalue weighted by atomic mass is 16.3. The lowest BCUT2D eigenvalue weighted by Gasteiger charge is -2.26. The predicted molar refractivity (Wildman–Crippen MR) is 253 cm³/mol. The number of benzene rings is 10. The van der Waals surface area contributed by atoms with Crippen LogP contribution in [0.15, 0.2) is 241 Å². The molecule has 11 aromatic rings. The molecule has 0 aliphatic heterocycles. The van der Waals surface area contributed by atoms with E-state index >= 15 is 0 Å². The molecule has 0 spiro atoms. The zero-order valence-corrected chi connectivity index (χ0v) is 32.9. The van der Waals surface area contributed by atoms with Crippen molar-refractivity contribution in [3.63, 3.8) is 0 Å². The van der Waals surface area contributed by atoms with Gasteiger partial charge < -0.3 is 9.32 Å². The largest absolute Gasteiger partial charge is 0.456 e. The molecular weight excluding hydrogens is 727 g/mol. The predicted octanol–water partition coefficient (Wildman–Crippen LogP) is 16.5. The molecule has 0 radical (unpaired) electrons. The molecule has 11 rings (SSSR count). The van der Waals surface area contributed by atoms with Crippen LogP contribution in [0.4, 0.5) is 17.1 Å². The Labute approximate surface area is 349 Å². The van der Waals surface area contributed by atoms with Gasteiger partial charge in [-0.25, -0.2) is 0 Å². The smallest absolute Gasteiger partial charge is 0.135 e. The summed E-state index contributed by atoms with van der Waals surface area (Å²) in [7, 11) is 0. The van der Waals surface area contributed by atoms with Gasteiger partial charge >= 0.3 is 0 Å². The summed E-state index contributed by atoms with van der Waals surface area (Å²) in [5.74, 6) is 0. The number of nitrogens with zero attached hydrogens (tertiary/aromatic N) is 1. The van der Waals surface area contributed by atoms with Crippen molar-refractivity contribution in [1.29, 1.82) is 0 Å². The van der Waals surface area contributed by atoms with Gasteiger partial charge in [0.1, 0.15) is 11.2 Å². The molecule has 1 aromatic heterocycles. The van der Waals surface area contributed by atoms with E-state index in [1.54, 1.807) is 0 Å². The molecule has 0 aliphatic carbocycles. The molecule has 2 heteroatoms. The minimum atomic E-state index is 0.896. The summed E-state index contributed by atoms with van der Waals surface area (Å²) in [6.07, 6.45) is 0. The molecule has 0 amide bonds. The Kier molecular flexibility index (Phi) is 8.87. The molecule has 0 saturated carbocycles. The molecule has 0 saturated heterocycles. The van der Waals surface area contributed by atoms with E-state index in [0.29, 0.717) is 0 Å². The first-order chi connectivity index (χ1) is 29.7. The molecule has 1 heterocycles. The van der Waals surface area contributed by atoms with Gasteiger partial charge in [0.2, 0.25) is 0 Å². The second-order valence-electron chi connectivity index (χ2n) is 15.3. The Hall–Kier alpha value is -7.94. The van der Waals surface area contributed by atoms with Crippen molar-refractivity contribution in [2.75, 3.05) is 4.90 Å². The van der Waals surface area contributed by atoms with E-state index in [4.69, 9.17) is 4.42 Å². The molecule has 0 fully saturated rings. The first-order valence-corrected chi connectivity index (χ1v) is 20.5. The van der Waals surface area contributed by atoms with Crippen molar-refractivity contribution >= 4 is 49.8 Å². The Morgan fingerprint density at radius 2 is 0.633 bits per heavy atom. The summed E-state index contributed by atoms with van der Waals surface area (Å²) in [6.45, 7) is 0. The summed E-state index contributed by atoms with van der Waals surface area (Å²) in [6, 6.07) is 84.8. The van der Waals surface area contributed by atoms with E-state index in [9.17, 15) is 0 Å². The molecule has 0 unspecified atom stereocenters. The fourth-order valence-corrected chi connectivity index (χ4v) is 8.60. The van der Waals surface area contributed by atoms with Crippen molar-refractivity contribution in [3.8, 4) is 55.6 Å². The van der Waals surface area contributed by atoms with Crippen LogP contribution in [0.25, 0.3) is 88.3 Å². The minimum Gasteiger partial charge on any atom is -0.456 e. The maximum atomic E-state index is 6.29. The fourth-order valence-electron chi connectivity index (χ4n) is 8.60. The average Bonchev–Trinajstić information content (AvgIpc) is 3.70. The molecule has 282 valence electrons. The van der Waals surface area contributed by atoms with Gasteiger partial charge in [-0.3, -0.25) is 0 Å². The van der Waals surface area contributed by atoms with Gasteiger partial charge in [-0.15, -0.1) is 0 Å². The van der Waals surface area contributed by atoms with Gasteiger partial charge in [-0.05, 0) is 133 Å². The molecule has 0 bridgehead atoms. The highest BCUT2D eigenvalue weighted by Gasteiger charge is 2.15. The van der Waals surface area contributed by atoms with E-state index in [1.807, 2.05) is 0 Å². The number of hydrogen-bond acceptors (Lipinski definition) is 2. The second-order valence-corrected chi connectivity index (χ2v) is 15.3. The Morgan fingerprint density at radius 1 is 0.250 bits per heavy atom. The SMILES string of the molecule is c1ccc(-c2ccc(N(c3ccc(-c4cccc(-c5ccc6oc7ccc(-c8ccccc8)cc7c6c5)c4)cc3)c3ccc(-c4cccc5ccccc45)cc3)cc2)cc1. The summed E-state index contributed by atoms with van der Waals surface area (Å²) < 4.78 is 6.29. The normalized spacial score (nSPS) is 11.3. The third-order valence-corrected chi connectivity index (χ3v) is 11.7. The molecule has 2 nitrogen and oxygen atoms in total. The van der Waals surface area contributed by atoms with Crippen LogP contribution in [0.1, 0.15) is 0 Å².